The van der Waals surface area contributed by atoms with Crippen LogP contribution in [0.2, 0.25) is 0 Å². The second kappa shape index (κ2) is 3.01. The Morgan fingerprint density at radius 2 is 2.08 bits per heavy atom. The largest absolute Gasteiger partial charge is 0.480 e. The minimum Gasteiger partial charge on any atom is -0.480 e. The quantitative estimate of drug-likeness (QED) is 0.391. The number of hydrogen-bond donors (Lipinski definition) is 4. The highest BCUT2D eigenvalue weighted by molar-refractivity contribution is 5.78. The number of carboxylic acid groups (broad SMARTS) is 1. The summed E-state index contributed by atoms with van der Waals surface area (Å²) < 4.78 is 0. The smallest absolute Gasteiger partial charge is 0.323 e. The number of piperidine rings is 1. The van der Waals surface area contributed by atoms with Gasteiger partial charge in [0.1, 0.15) is 5.54 Å². The zero-order valence-corrected chi connectivity index (χ0v) is 6.82. The molecule has 12 heavy (non-hydrogen) atoms. The van der Waals surface area contributed by atoms with Gasteiger partial charge in [-0.15, -0.1) is 0 Å². The molecule has 4 N–H and O–H groups in total. The molecule has 0 amide bonds. The molecule has 1 aliphatic heterocycles. The Hall–Kier alpha value is -0.650. The van der Waals surface area contributed by atoms with Crippen LogP contribution in [0.5, 0.6) is 0 Å². The van der Waals surface area contributed by atoms with Gasteiger partial charge in [-0.2, -0.15) is 0 Å². The first-order valence-electron chi connectivity index (χ1n) is 3.80. The van der Waals surface area contributed by atoms with Crippen molar-refractivity contribution in [2.45, 2.75) is 31.1 Å². The van der Waals surface area contributed by atoms with Gasteiger partial charge in [-0.1, -0.05) is 0 Å². The van der Waals surface area contributed by atoms with E-state index < -0.39 is 23.7 Å². The minimum atomic E-state index is -1.11. The van der Waals surface area contributed by atoms with E-state index in [-0.39, 0.29) is 13.0 Å². The molecule has 1 saturated heterocycles. The van der Waals surface area contributed by atoms with Gasteiger partial charge in [0.2, 0.25) is 0 Å². The fraction of sp³-hybridized carbons (Fsp3) is 0.857. The number of hydrogen-bond acceptors (Lipinski definition) is 4. The summed E-state index contributed by atoms with van der Waals surface area (Å²) in [6.07, 6.45) is -1.78. The molecule has 1 aliphatic rings. The Labute approximate surface area is 70.0 Å². The summed E-state index contributed by atoms with van der Waals surface area (Å²) in [5.74, 6) is -1.01. The predicted octanol–water partition coefficient (Wildman–Crippen LogP) is -1.46. The van der Waals surface area contributed by atoms with Crippen LogP contribution in [0.1, 0.15) is 13.3 Å². The number of carbonyl (C=O) groups is 1. The number of aliphatic carboxylic acids is 1. The van der Waals surface area contributed by atoms with Crippen LogP contribution in [-0.2, 0) is 4.79 Å². The predicted molar refractivity (Wildman–Crippen MR) is 40.7 cm³/mol. The first-order valence-corrected chi connectivity index (χ1v) is 3.80. The van der Waals surface area contributed by atoms with E-state index in [1.807, 2.05) is 0 Å². The van der Waals surface area contributed by atoms with Gasteiger partial charge in [-0.05, 0) is 6.92 Å². The van der Waals surface area contributed by atoms with Crippen LogP contribution >= 0.6 is 0 Å². The summed E-state index contributed by atoms with van der Waals surface area (Å²) in [6.45, 7) is 1.61. The maximum Gasteiger partial charge on any atom is 0.323 e. The molecule has 70 valence electrons. The second-order valence-electron chi connectivity index (χ2n) is 3.36. The van der Waals surface area contributed by atoms with Crippen molar-refractivity contribution in [3.05, 3.63) is 0 Å². The van der Waals surface area contributed by atoms with Crippen molar-refractivity contribution in [3.8, 4) is 0 Å². The third-order valence-electron chi connectivity index (χ3n) is 2.23. The maximum absolute atomic E-state index is 10.7. The van der Waals surface area contributed by atoms with E-state index in [2.05, 4.69) is 5.32 Å². The lowest BCUT2D eigenvalue weighted by Crippen LogP contribution is -2.60. The molecule has 1 heterocycles. The zero-order valence-electron chi connectivity index (χ0n) is 6.82. The van der Waals surface area contributed by atoms with Crippen molar-refractivity contribution in [2.24, 2.45) is 0 Å². The molecule has 0 saturated carbocycles. The molecule has 0 aromatic rings. The lowest BCUT2D eigenvalue weighted by atomic mass is 9.88. The summed E-state index contributed by atoms with van der Waals surface area (Å²) >= 11 is 0. The number of aliphatic hydroxyl groups is 2. The van der Waals surface area contributed by atoms with E-state index in [1.54, 1.807) is 0 Å². The van der Waals surface area contributed by atoms with Gasteiger partial charge >= 0.3 is 5.97 Å². The van der Waals surface area contributed by atoms with Crippen LogP contribution < -0.4 is 5.32 Å². The van der Waals surface area contributed by atoms with Crippen molar-refractivity contribution >= 4 is 5.97 Å². The van der Waals surface area contributed by atoms with Crippen LogP contribution in [-0.4, -0.2) is 45.6 Å². The third kappa shape index (κ3) is 1.57. The highest BCUT2D eigenvalue weighted by atomic mass is 16.4. The van der Waals surface area contributed by atoms with Crippen LogP contribution in [0.4, 0.5) is 0 Å². The molecule has 0 bridgehead atoms. The van der Waals surface area contributed by atoms with Crippen LogP contribution in [0.25, 0.3) is 0 Å². The van der Waals surface area contributed by atoms with E-state index >= 15 is 0 Å². The van der Waals surface area contributed by atoms with Crippen molar-refractivity contribution in [3.63, 3.8) is 0 Å². The molecule has 0 radical (unpaired) electrons. The Balaban J connectivity index is 2.66. The molecule has 3 unspecified atom stereocenters. The van der Waals surface area contributed by atoms with Crippen molar-refractivity contribution in [2.75, 3.05) is 6.54 Å². The summed E-state index contributed by atoms with van der Waals surface area (Å²) in [7, 11) is 0. The summed E-state index contributed by atoms with van der Waals surface area (Å²) in [4.78, 5) is 10.7. The summed E-state index contributed by atoms with van der Waals surface area (Å²) in [6, 6.07) is 0. The molecule has 1 rings (SSSR count). The van der Waals surface area contributed by atoms with Gasteiger partial charge < -0.3 is 15.3 Å². The molecule has 0 aromatic carbocycles. The maximum atomic E-state index is 10.7. The van der Waals surface area contributed by atoms with E-state index in [0.29, 0.717) is 0 Å². The fourth-order valence-electron chi connectivity index (χ4n) is 1.26. The lowest BCUT2D eigenvalue weighted by molar-refractivity contribution is -0.149. The van der Waals surface area contributed by atoms with Gasteiger partial charge in [0.15, 0.2) is 0 Å². The minimum absolute atomic E-state index is 0.0312. The number of nitrogens with one attached hydrogen (secondary N) is 1. The molecule has 0 spiro atoms. The molecule has 5 nitrogen and oxygen atoms in total. The normalized spacial score (nSPS) is 42.6. The number of β-amino-alcohol motifs (C(OH)–C–C–N with tert-alkyl or cyclic N) is 1. The van der Waals surface area contributed by atoms with Crippen LogP contribution in [0.15, 0.2) is 0 Å². The molecular formula is C7H13NO4. The van der Waals surface area contributed by atoms with Gasteiger partial charge in [0, 0.05) is 13.0 Å². The molecule has 3 atom stereocenters. The van der Waals surface area contributed by atoms with Gasteiger partial charge in [-0.25, -0.2) is 0 Å². The second-order valence-corrected chi connectivity index (χ2v) is 3.36. The highest BCUT2D eigenvalue weighted by Crippen LogP contribution is 2.19. The topological polar surface area (TPSA) is 89.8 Å². The number of rotatable bonds is 1. The van der Waals surface area contributed by atoms with E-state index in [0.717, 1.165) is 0 Å². The van der Waals surface area contributed by atoms with E-state index in [4.69, 9.17) is 10.2 Å². The first-order chi connectivity index (χ1) is 5.46. The van der Waals surface area contributed by atoms with Gasteiger partial charge in [-0.3, -0.25) is 10.1 Å². The highest BCUT2D eigenvalue weighted by Gasteiger charge is 2.41. The number of carboxylic acids is 1. The summed E-state index contributed by atoms with van der Waals surface area (Å²) in [5, 5.41) is 29.7. The average Bonchev–Trinajstić information content (AvgIpc) is 1.97. The molecular weight excluding hydrogens is 162 g/mol. The molecule has 1 fully saturated rings. The molecule has 5 heteroatoms. The Kier molecular flexibility index (Phi) is 2.36. The monoisotopic (exact) mass is 175 g/mol. The summed E-state index contributed by atoms with van der Waals surface area (Å²) in [5.41, 5.74) is -1.11. The number of aliphatic hydroxyl groups excluding tert-OH is 2. The van der Waals surface area contributed by atoms with Gasteiger partial charge in [0.05, 0.1) is 12.2 Å². The Bertz CT molecular complexity index is 196. The lowest BCUT2D eigenvalue weighted by Gasteiger charge is -2.36. The SMILES string of the molecule is CC1(C(=O)O)CC(O)C(O)CN1. The first kappa shape index (κ1) is 9.44. The molecule has 0 aliphatic carbocycles. The Morgan fingerprint density at radius 1 is 1.50 bits per heavy atom. The molecule has 0 aromatic heterocycles. The van der Waals surface area contributed by atoms with Crippen molar-refractivity contribution in [1.29, 1.82) is 0 Å². The van der Waals surface area contributed by atoms with E-state index in [9.17, 15) is 9.90 Å². The van der Waals surface area contributed by atoms with E-state index in [1.165, 1.54) is 6.92 Å². The van der Waals surface area contributed by atoms with Crippen molar-refractivity contribution < 1.29 is 20.1 Å². The van der Waals surface area contributed by atoms with Crippen LogP contribution in [0, 0.1) is 0 Å². The standard InChI is InChI=1S/C7H13NO4/c1-7(6(11)12)2-4(9)5(10)3-8-7/h4-5,8-10H,2-3H2,1H3,(H,11,12). The Morgan fingerprint density at radius 3 is 2.50 bits per heavy atom. The van der Waals surface area contributed by atoms with Gasteiger partial charge in [0.25, 0.3) is 0 Å². The zero-order chi connectivity index (χ0) is 9.35. The fourth-order valence-corrected chi connectivity index (χ4v) is 1.26. The third-order valence-corrected chi connectivity index (χ3v) is 2.23. The van der Waals surface area contributed by atoms with Crippen molar-refractivity contribution in [1.82, 2.24) is 5.32 Å². The van der Waals surface area contributed by atoms with Crippen LogP contribution in [0.3, 0.4) is 0 Å². The average molecular weight is 175 g/mol.